The van der Waals surface area contributed by atoms with Gasteiger partial charge in [-0.05, 0) is 5.57 Å². The highest BCUT2D eigenvalue weighted by atomic mass is 35.5. The molecule has 0 radical (unpaired) electrons. The van der Waals surface area contributed by atoms with E-state index in [1.54, 1.807) is 24.8 Å². The van der Waals surface area contributed by atoms with Gasteiger partial charge in [0.1, 0.15) is 27.3 Å². The van der Waals surface area contributed by atoms with Crippen molar-refractivity contribution in [3.8, 4) is 0 Å². The van der Waals surface area contributed by atoms with Crippen LogP contribution in [0.3, 0.4) is 0 Å². The van der Waals surface area contributed by atoms with Gasteiger partial charge in [0.05, 0.1) is 23.1 Å². The van der Waals surface area contributed by atoms with E-state index in [-0.39, 0.29) is 22.1 Å². The van der Waals surface area contributed by atoms with Crippen molar-refractivity contribution in [2.75, 3.05) is 11.5 Å². The van der Waals surface area contributed by atoms with Crippen LogP contribution in [0, 0.1) is 0 Å². The summed E-state index contributed by atoms with van der Waals surface area (Å²) >= 11 is 14.0. The molecule has 2 N–H and O–H groups in total. The highest BCUT2D eigenvalue weighted by Gasteiger charge is 2.53. The van der Waals surface area contributed by atoms with Crippen LogP contribution in [0.5, 0.6) is 0 Å². The summed E-state index contributed by atoms with van der Waals surface area (Å²) in [6, 6.07) is -0.573. The van der Waals surface area contributed by atoms with E-state index in [4.69, 9.17) is 23.8 Å². The van der Waals surface area contributed by atoms with E-state index in [2.05, 4.69) is 25.3 Å². The molecule has 2 aromatic heterocycles. The first-order chi connectivity index (χ1) is 14.9. The number of fused-ring (bicyclic) bond motifs is 1. The lowest BCUT2D eigenvalue weighted by atomic mass is 10.0. The molecular weight excluding hydrogens is 480 g/mol. The van der Waals surface area contributed by atoms with Crippen molar-refractivity contribution in [2.45, 2.75) is 22.9 Å². The fourth-order valence-electron chi connectivity index (χ4n) is 3.16. The Morgan fingerprint density at radius 2 is 2.19 bits per heavy atom. The summed E-state index contributed by atoms with van der Waals surface area (Å²) in [4.78, 5) is 42.8. The number of aromatic nitrogens is 4. The van der Waals surface area contributed by atoms with E-state index < -0.39 is 12.0 Å². The first-order valence-electron chi connectivity index (χ1n) is 8.98. The van der Waals surface area contributed by atoms with Gasteiger partial charge in [-0.1, -0.05) is 23.8 Å². The number of rotatable bonds is 7. The van der Waals surface area contributed by atoms with Crippen molar-refractivity contribution in [2.24, 2.45) is 0 Å². The third kappa shape index (κ3) is 4.81. The number of hydrogen-bond donors (Lipinski definition) is 2. The maximum Gasteiger partial charge on any atom is 0.352 e. The second kappa shape index (κ2) is 9.47. The van der Waals surface area contributed by atoms with Crippen molar-refractivity contribution in [1.29, 1.82) is 0 Å². The number of carboxylic acids is 1. The zero-order valence-corrected chi connectivity index (χ0v) is 19.0. The molecule has 1 amide bonds. The van der Waals surface area contributed by atoms with Gasteiger partial charge in [-0.15, -0.1) is 23.5 Å². The number of hydrogen-bond acceptors (Lipinski definition) is 9. The number of carbonyl (C=O) groups is 2. The van der Waals surface area contributed by atoms with Gasteiger partial charge in [-0.2, -0.15) is 0 Å². The molecule has 9 nitrogen and oxygen atoms in total. The predicted octanol–water partition coefficient (Wildman–Crippen LogP) is 1.79. The number of nitrogens with zero attached hydrogens (tertiary/aromatic N) is 5. The molecule has 0 aliphatic carbocycles. The molecule has 0 spiro atoms. The predicted molar refractivity (Wildman–Crippen MR) is 121 cm³/mol. The number of nitrogens with one attached hydrogen (secondary N) is 1. The molecule has 4 rings (SSSR count). The third-order valence-electron chi connectivity index (χ3n) is 4.50. The Morgan fingerprint density at radius 3 is 2.90 bits per heavy atom. The number of amides is 1. The number of β-lactam (4-membered cyclic amide) rings is 1. The molecule has 1 fully saturated rings. The van der Waals surface area contributed by atoms with Crippen molar-refractivity contribution >= 4 is 64.2 Å². The summed E-state index contributed by atoms with van der Waals surface area (Å²) in [5.41, 5.74) is 1.36. The number of thioether (sulfide) groups is 2. The molecular formula is C18H15ClN6O3S3. The van der Waals surface area contributed by atoms with E-state index in [1.807, 2.05) is 0 Å². The number of aliphatic carboxylic acids is 1. The molecule has 13 heteroatoms. The van der Waals surface area contributed by atoms with Gasteiger partial charge in [-0.25, -0.2) is 9.78 Å². The maximum absolute atomic E-state index is 12.8. The van der Waals surface area contributed by atoms with Gasteiger partial charge < -0.3 is 10.4 Å². The Labute approximate surface area is 196 Å². The molecule has 2 aliphatic heterocycles. The van der Waals surface area contributed by atoms with Gasteiger partial charge >= 0.3 is 5.97 Å². The van der Waals surface area contributed by atoms with Crippen LogP contribution < -0.4 is 5.32 Å². The van der Waals surface area contributed by atoms with Crippen LogP contribution in [0.25, 0.3) is 0 Å². The molecule has 2 aliphatic rings. The van der Waals surface area contributed by atoms with Gasteiger partial charge in [0.25, 0.3) is 5.91 Å². The van der Waals surface area contributed by atoms with Gasteiger partial charge in [-0.3, -0.25) is 24.6 Å². The largest absolute Gasteiger partial charge is 0.477 e. The molecule has 1 saturated heterocycles. The topological polar surface area (TPSA) is 121 Å². The first-order valence-corrected chi connectivity index (χ1v) is 11.8. The lowest BCUT2D eigenvalue weighted by Crippen LogP contribution is -2.70. The Morgan fingerprint density at radius 1 is 1.35 bits per heavy atom. The maximum atomic E-state index is 12.8. The lowest BCUT2D eigenvalue weighted by molar-refractivity contribution is -0.148. The van der Waals surface area contributed by atoms with E-state index in [0.717, 1.165) is 0 Å². The average molecular weight is 495 g/mol. The van der Waals surface area contributed by atoms with Crippen LogP contribution in [0.2, 0.25) is 5.15 Å². The quantitative estimate of drug-likeness (QED) is 0.333. The highest BCUT2D eigenvalue weighted by Crippen LogP contribution is 2.41. The minimum absolute atomic E-state index is 0.0223. The molecule has 31 heavy (non-hydrogen) atoms. The summed E-state index contributed by atoms with van der Waals surface area (Å²) in [6.45, 7) is 0. The first kappa shape index (κ1) is 21.9. The van der Waals surface area contributed by atoms with Gasteiger partial charge in [0.2, 0.25) is 0 Å². The minimum Gasteiger partial charge on any atom is -0.477 e. The summed E-state index contributed by atoms with van der Waals surface area (Å²) in [7, 11) is 0. The van der Waals surface area contributed by atoms with Gasteiger partial charge in [0, 0.05) is 36.5 Å². The van der Waals surface area contributed by atoms with E-state index >= 15 is 0 Å². The molecule has 0 saturated carbocycles. The van der Waals surface area contributed by atoms with Crippen molar-refractivity contribution < 1.29 is 14.7 Å². The monoisotopic (exact) mass is 494 g/mol. The Kier molecular flexibility index (Phi) is 6.70. The second-order valence-corrected chi connectivity index (χ2v) is 9.54. The summed E-state index contributed by atoms with van der Waals surface area (Å²) in [5.74, 6) is -0.608. The number of carbonyl (C=O) groups excluding carboxylic acids is 1. The molecule has 0 bridgehead atoms. The van der Waals surface area contributed by atoms with Crippen LogP contribution in [0.15, 0.2) is 47.3 Å². The van der Waals surface area contributed by atoms with Gasteiger partial charge in [0.15, 0.2) is 0 Å². The molecule has 4 heterocycles. The van der Waals surface area contributed by atoms with Crippen LogP contribution in [0.4, 0.5) is 0 Å². The zero-order valence-electron chi connectivity index (χ0n) is 15.8. The third-order valence-corrected chi connectivity index (χ3v) is 7.27. The van der Waals surface area contributed by atoms with Crippen molar-refractivity contribution in [3.05, 3.63) is 53.1 Å². The van der Waals surface area contributed by atoms with Crippen molar-refractivity contribution in [1.82, 2.24) is 30.2 Å². The highest BCUT2D eigenvalue weighted by molar-refractivity contribution is 8.01. The lowest BCUT2D eigenvalue weighted by Gasteiger charge is -2.49. The number of carboxylic acid groups (broad SMARTS) is 1. The summed E-state index contributed by atoms with van der Waals surface area (Å²) < 4.78 is 0. The Hall–Kier alpha value is -2.28. The molecule has 2 atom stereocenters. The fraction of sp³-hybridized carbons (Fsp3) is 0.278. The van der Waals surface area contributed by atoms with Crippen LogP contribution in [-0.2, 0) is 16.0 Å². The Bertz CT molecular complexity index is 1070. The fourth-order valence-corrected chi connectivity index (χ4v) is 5.97. The Balaban J connectivity index is 1.44. The van der Waals surface area contributed by atoms with Crippen LogP contribution in [0.1, 0.15) is 5.69 Å². The molecule has 0 aromatic carbocycles. The number of thiocarbonyl (C=S) groups is 1. The summed E-state index contributed by atoms with van der Waals surface area (Å²) in [5, 5.41) is 13.3. The van der Waals surface area contributed by atoms with E-state index in [1.165, 1.54) is 34.6 Å². The van der Waals surface area contributed by atoms with Crippen LogP contribution in [-0.4, -0.2) is 69.7 Å². The second-order valence-electron chi connectivity index (χ2n) is 6.55. The van der Waals surface area contributed by atoms with E-state index in [0.29, 0.717) is 39.2 Å². The SMILES string of the molecule is O=C(O)C1=C(CSc2cncc(Cl)n2)CS[C@@H]2C(NC(=S)Cc3cnccn3)C(=O)N12. The molecule has 160 valence electrons. The normalized spacial score (nSPS) is 20.2. The van der Waals surface area contributed by atoms with Crippen molar-refractivity contribution in [3.63, 3.8) is 0 Å². The zero-order chi connectivity index (χ0) is 22.0. The smallest absolute Gasteiger partial charge is 0.352 e. The summed E-state index contributed by atoms with van der Waals surface area (Å²) in [6.07, 6.45) is 8.09. The average Bonchev–Trinajstić information content (AvgIpc) is 2.76. The van der Waals surface area contributed by atoms with E-state index in [9.17, 15) is 14.7 Å². The molecule has 2 aromatic rings. The molecule has 1 unspecified atom stereocenters. The minimum atomic E-state index is -1.13. The number of halogens is 1. The standard InChI is InChI=1S/C18H15ClN6O3S3/c19-11-5-21-6-13(23-11)30-7-9-8-31-17-14(16(26)25(17)15(9)18(27)28)24-12(29)3-10-4-20-1-2-22-10/h1-2,4-6,14,17H,3,7-8H2,(H,24,29)(H,27,28)/t14?,17-/m1/s1. The van der Waals surface area contributed by atoms with Crippen LogP contribution >= 0.6 is 47.3 Å².